The smallest absolute Gasteiger partial charge is 0.242 e. The summed E-state index contributed by atoms with van der Waals surface area (Å²) in [5, 5.41) is 0. The average molecular weight is 495 g/mol. The minimum Gasteiger partial charge on any atom is -0.310 e. The molecule has 7 heteroatoms. The van der Waals surface area contributed by atoms with E-state index in [0.29, 0.717) is 25.1 Å². The van der Waals surface area contributed by atoms with Gasteiger partial charge in [0.15, 0.2) is 0 Å². The van der Waals surface area contributed by atoms with Crippen molar-refractivity contribution in [1.82, 2.24) is 4.72 Å². The Balaban J connectivity index is 1.47. The summed E-state index contributed by atoms with van der Waals surface area (Å²) < 4.78 is 31.1. The van der Waals surface area contributed by atoms with Crippen molar-refractivity contribution < 1.29 is 13.2 Å². The number of hydrogen-bond acceptors (Lipinski definition) is 3. The van der Waals surface area contributed by atoms with Crippen LogP contribution in [0.5, 0.6) is 0 Å². The minimum absolute atomic E-state index is 0.0262. The number of hydrogen-bond donors (Lipinski definition) is 1. The molecule has 5 aliphatic rings. The molecule has 1 N–H and O–H groups in total. The zero-order chi connectivity index (χ0) is 21.3. The maximum Gasteiger partial charge on any atom is 0.242 e. The SMILES string of the molecule is CCC(=O)N1CCc2cc(Br)cc(S(=O)(=O)N[C@@H](C)C34CC5CC(CC(C5)C3)C4)c21. The number of nitrogens with one attached hydrogen (secondary N) is 1. The van der Waals surface area contributed by atoms with E-state index in [4.69, 9.17) is 0 Å². The van der Waals surface area contributed by atoms with Gasteiger partial charge in [0.2, 0.25) is 15.9 Å². The number of nitrogens with zero attached hydrogens (tertiary/aromatic N) is 1. The number of fused-ring (bicyclic) bond motifs is 1. The monoisotopic (exact) mass is 494 g/mol. The van der Waals surface area contributed by atoms with Crippen LogP contribution in [0.15, 0.2) is 21.5 Å². The Hall–Kier alpha value is -0.920. The Kier molecular flexibility index (Phi) is 5.10. The third-order valence-electron chi connectivity index (χ3n) is 8.22. The van der Waals surface area contributed by atoms with Gasteiger partial charge in [-0.05, 0) is 92.7 Å². The van der Waals surface area contributed by atoms with E-state index in [1.54, 1.807) is 11.0 Å². The van der Waals surface area contributed by atoms with E-state index in [0.717, 1.165) is 47.1 Å². The van der Waals surface area contributed by atoms with Crippen LogP contribution < -0.4 is 9.62 Å². The summed E-state index contributed by atoms with van der Waals surface area (Å²) >= 11 is 3.48. The number of halogens is 1. The second kappa shape index (κ2) is 7.31. The minimum atomic E-state index is -3.75. The first kappa shape index (κ1) is 21.0. The predicted octanol–water partition coefficient (Wildman–Crippen LogP) is 4.63. The van der Waals surface area contributed by atoms with Crippen LogP contribution in [0.2, 0.25) is 0 Å². The topological polar surface area (TPSA) is 66.5 Å². The van der Waals surface area contributed by atoms with Gasteiger partial charge in [0, 0.05) is 23.5 Å². The van der Waals surface area contributed by atoms with Crippen LogP contribution in [0.3, 0.4) is 0 Å². The summed E-state index contributed by atoms with van der Waals surface area (Å²) in [7, 11) is -3.75. The van der Waals surface area contributed by atoms with Crippen molar-refractivity contribution in [3.63, 3.8) is 0 Å². The van der Waals surface area contributed by atoms with Crippen LogP contribution in [0, 0.1) is 23.2 Å². The lowest BCUT2D eigenvalue weighted by Gasteiger charge is -2.59. The van der Waals surface area contributed by atoms with Gasteiger partial charge in [-0.25, -0.2) is 13.1 Å². The molecular weight excluding hydrogens is 464 g/mol. The molecule has 1 aliphatic heterocycles. The number of sulfonamides is 1. The maximum absolute atomic E-state index is 13.6. The van der Waals surface area contributed by atoms with E-state index in [1.807, 2.05) is 13.0 Å². The van der Waals surface area contributed by atoms with Crippen molar-refractivity contribution in [2.45, 2.75) is 76.2 Å². The van der Waals surface area contributed by atoms with Crippen molar-refractivity contribution in [3.05, 3.63) is 22.2 Å². The van der Waals surface area contributed by atoms with Crippen molar-refractivity contribution in [1.29, 1.82) is 0 Å². The average Bonchev–Trinajstić information content (AvgIpc) is 3.08. The lowest BCUT2D eigenvalue weighted by Crippen LogP contribution is -2.55. The molecule has 30 heavy (non-hydrogen) atoms. The van der Waals surface area contributed by atoms with Crippen molar-refractivity contribution in [3.8, 4) is 0 Å². The summed E-state index contributed by atoms with van der Waals surface area (Å²) in [6, 6.07) is 3.51. The van der Waals surface area contributed by atoms with Gasteiger partial charge in [0.1, 0.15) is 4.90 Å². The number of carbonyl (C=O) groups is 1. The molecule has 4 aliphatic carbocycles. The van der Waals surface area contributed by atoms with E-state index in [2.05, 4.69) is 27.6 Å². The van der Waals surface area contributed by atoms with Crippen LogP contribution >= 0.6 is 15.9 Å². The molecule has 164 valence electrons. The Morgan fingerprint density at radius 2 is 1.80 bits per heavy atom. The highest BCUT2D eigenvalue weighted by Gasteiger charge is 2.53. The fourth-order valence-electron chi connectivity index (χ4n) is 7.24. The number of benzene rings is 1. The molecular formula is C23H31BrN2O3S. The first-order chi connectivity index (χ1) is 14.2. The van der Waals surface area contributed by atoms with Gasteiger partial charge < -0.3 is 4.90 Å². The largest absolute Gasteiger partial charge is 0.310 e. The molecule has 4 saturated carbocycles. The van der Waals surface area contributed by atoms with Gasteiger partial charge >= 0.3 is 0 Å². The van der Waals surface area contributed by atoms with Gasteiger partial charge in [0.05, 0.1) is 5.69 Å². The zero-order valence-corrected chi connectivity index (χ0v) is 20.2. The molecule has 1 amide bonds. The second-order valence-corrected chi connectivity index (χ2v) is 12.8. The number of anilines is 1. The fourth-order valence-corrected chi connectivity index (χ4v) is 9.52. The Bertz CT molecular complexity index is 955. The summed E-state index contributed by atoms with van der Waals surface area (Å²) in [5.41, 5.74) is 1.60. The van der Waals surface area contributed by atoms with E-state index >= 15 is 0 Å². The van der Waals surface area contributed by atoms with Crippen LogP contribution in [-0.4, -0.2) is 26.9 Å². The van der Waals surface area contributed by atoms with Crippen molar-refractivity contribution in [2.75, 3.05) is 11.4 Å². The Morgan fingerprint density at radius 3 is 2.37 bits per heavy atom. The number of amides is 1. The molecule has 6 rings (SSSR count). The van der Waals surface area contributed by atoms with Crippen molar-refractivity contribution >= 4 is 37.5 Å². The fraction of sp³-hybridized carbons (Fsp3) is 0.696. The molecule has 0 unspecified atom stereocenters. The summed E-state index contributed by atoms with van der Waals surface area (Å²) in [5.74, 6) is 2.30. The summed E-state index contributed by atoms with van der Waals surface area (Å²) in [4.78, 5) is 14.4. The van der Waals surface area contributed by atoms with Gasteiger partial charge in [-0.15, -0.1) is 0 Å². The van der Waals surface area contributed by atoms with Gasteiger partial charge in [-0.2, -0.15) is 0 Å². The van der Waals surface area contributed by atoms with E-state index in [-0.39, 0.29) is 22.3 Å². The normalized spacial score (nSPS) is 33.0. The molecule has 5 nitrogen and oxygen atoms in total. The molecule has 0 radical (unpaired) electrons. The maximum atomic E-state index is 13.6. The number of rotatable bonds is 5. The Morgan fingerprint density at radius 1 is 1.20 bits per heavy atom. The van der Waals surface area contributed by atoms with Crippen LogP contribution in [-0.2, 0) is 21.2 Å². The van der Waals surface area contributed by atoms with Gasteiger partial charge in [-0.1, -0.05) is 22.9 Å². The molecule has 1 aromatic rings. The molecule has 0 saturated heterocycles. The molecule has 1 atom stereocenters. The molecule has 1 aromatic carbocycles. The van der Waals surface area contributed by atoms with E-state index in [1.165, 1.54) is 19.3 Å². The summed E-state index contributed by atoms with van der Waals surface area (Å²) in [6.07, 6.45) is 8.53. The first-order valence-corrected chi connectivity index (χ1v) is 13.6. The lowest BCUT2D eigenvalue weighted by atomic mass is 9.48. The van der Waals surface area contributed by atoms with E-state index < -0.39 is 10.0 Å². The molecule has 0 spiro atoms. The lowest BCUT2D eigenvalue weighted by molar-refractivity contribution is -0.118. The summed E-state index contributed by atoms with van der Waals surface area (Å²) in [6.45, 7) is 4.43. The van der Waals surface area contributed by atoms with Gasteiger partial charge in [-0.3, -0.25) is 4.79 Å². The molecule has 4 fully saturated rings. The van der Waals surface area contributed by atoms with Gasteiger partial charge in [0.25, 0.3) is 0 Å². The molecule has 4 bridgehead atoms. The quantitative estimate of drug-likeness (QED) is 0.648. The highest BCUT2D eigenvalue weighted by molar-refractivity contribution is 9.10. The molecule has 1 heterocycles. The van der Waals surface area contributed by atoms with Crippen LogP contribution in [0.25, 0.3) is 0 Å². The highest BCUT2D eigenvalue weighted by atomic mass is 79.9. The van der Waals surface area contributed by atoms with Crippen molar-refractivity contribution in [2.24, 2.45) is 23.2 Å². The Labute approximate surface area is 188 Å². The molecule has 0 aromatic heterocycles. The standard InChI is InChI=1S/C23H31BrN2O3S/c1-3-21(27)26-5-4-18-9-19(24)10-20(22(18)26)30(28,29)25-14(2)23-11-15-6-16(12-23)8-17(7-15)13-23/h9-10,14-17,25H,3-8,11-13H2,1-2H3/t14-,15?,16?,17?,23?/m0/s1. The van der Waals surface area contributed by atoms with Crippen LogP contribution in [0.4, 0.5) is 5.69 Å². The third kappa shape index (κ3) is 3.36. The zero-order valence-electron chi connectivity index (χ0n) is 17.8. The predicted molar refractivity (Wildman–Crippen MR) is 121 cm³/mol. The van der Waals surface area contributed by atoms with E-state index in [9.17, 15) is 13.2 Å². The van der Waals surface area contributed by atoms with Crippen LogP contribution in [0.1, 0.15) is 64.4 Å². The first-order valence-electron chi connectivity index (χ1n) is 11.4. The second-order valence-electron chi connectivity index (χ2n) is 10.2. The number of carbonyl (C=O) groups excluding carboxylic acids is 1. The highest BCUT2D eigenvalue weighted by Crippen LogP contribution is 2.61. The third-order valence-corrected chi connectivity index (χ3v) is 10.2.